The minimum Gasteiger partial charge on any atom is -0.478 e. The largest absolute Gasteiger partial charge is 0.478 e. The molecule has 0 aliphatic carbocycles. The van der Waals surface area contributed by atoms with Gasteiger partial charge >= 0.3 is 5.97 Å². The van der Waals surface area contributed by atoms with Gasteiger partial charge in [-0.25, -0.2) is 9.18 Å². The standard InChI is InChI=1S/C11H6BrFO3/c12-8-3-4-16-10(8)6-1-2-7(11(14)15)9(13)5-6/h1-5H,(H,14,15). The van der Waals surface area contributed by atoms with Gasteiger partial charge in [0.25, 0.3) is 0 Å². The van der Waals surface area contributed by atoms with Crippen LogP contribution < -0.4 is 0 Å². The molecule has 16 heavy (non-hydrogen) atoms. The number of furan rings is 1. The molecular formula is C11H6BrFO3. The van der Waals surface area contributed by atoms with E-state index in [-0.39, 0.29) is 5.56 Å². The van der Waals surface area contributed by atoms with Crippen LogP contribution in [0.15, 0.2) is 39.4 Å². The minimum absolute atomic E-state index is 0.355. The maximum absolute atomic E-state index is 13.4. The van der Waals surface area contributed by atoms with Crippen molar-refractivity contribution in [3.8, 4) is 11.3 Å². The van der Waals surface area contributed by atoms with E-state index in [0.717, 1.165) is 6.07 Å². The predicted molar refractivity (Wildman–Crippen MR) is 58.8 cm³/mol. The number of halogens is 2. The van der Waals surface area contributed by atoms with E-state index in [9.17, 15) is 9.18 Å². The van der Waals surface area contributed by atoms with E-state index in [0.29, 0.717) is 15.8 Å². The van der Waals surface area contributed by atoms with E-state index in [2.05, 4.69) is 15.9 Å². The van der Waals surface area contributed by atoms with Gasteiger partial charge < -0.3 is 9.52 Å². The van der Waals surface area contributed by atoms with Crippen molar-refractivity contribution in [3.63, 3.8) is 0 Å². The summed E-state index contributed by atoms with van der Waals surface area (Å²) < 4.78 is 19.2. The molecule has 5 heteroatoms. The first kappa shape index (κ1) is 10.9. The zero-order valence-electron chi connectivity index (χ0n) is 7.91. The van der Waals surface area contributed by atoms with Crippen LogP contribution in [0.25, 0.3) is 11.3 Å². The summed E-state index contributed by atoms with van der Waals surface area (Å²) in [6, 6.07) is 5.52. The first-order valence-electron chi connectivity index (χ1n) is 4.36. The Morgan fingerprint density at radius 2 is 2.12 bits per heavy atom. The number of carbonyl (C=O) groups is 1. The van der Waals surface area contributed by atoms with E-state index in [1.807, 2.05) is 0 Å². The Morgan fingerprint density at radius 3 is 2.62 bits per heavy atom. The average Bonchev–Trinajstić information content (AvgIpc) is 2.63. The van der Waals surface area contributed by atoms with Crippen LogP contribution in [0.5, 0.6) is 0 Å². The molecule has 0 spiro atoms. The highest BCUT2D eigenvalue weighted by Gasteiger charge is 2.13. The average molecular weight is 285 g/mol. The van der Waals surface area contributed by atoms with Crippen LogP contribution >= 0.6 is 15.9 Å². The molecule has 0 radical (unpaired) electrons. The third kappa shape index (κ3) is 1.86. The van der Waals surface area contributed by atoms with Gasteiger partial charge in [-0.3, -0.25) is 0 Å². The van der Waals surface area contributed by atoms with Crippen molar-refractivity contribution in [2.45, 2.75) is 0 Å². The molecule has 3 nitrogen and oxygen atoms in total. The molecule has 1 aromatic carbocycles. The second-order valence-electron chi connectivity index (χ2n) is 3.10. The number of carboxylic acids is 1. The minimum atomic E-state index is -1.29. The van der Waals surface area contributed by atoms with Crippen molar-refractivity contribution in [1.29, 1.82) is 0 Å². The second-order valence-corrected chi connectivity index (χ2v) is 3.95. The van der Waals surface area contributed by atoms with Gasteiger partial charge in [-0.1, -0.05) is 6.07 Å². The zero-order chi connectivity index (χ0) is 11.7. The van der Waals surface area contributed by atoms with Crippen molar-refractivity contribution in [3.05, 3.63) is 46.4 Å². The number of aromatic carboxylic acids is 1. The lowest BCUT2D eigenvalue weighted by Gasteiger charge is -2.01. The van der Waals surface area contributed by atoms with Crippen molar-refractivity contribution >= 4 is 21.9 Å². The van der Waals surface area contributed by atoms with E-state index >= 15 is 0 Å². The molecule has 0 aliphatic rings. The summed E-state index contributed by atoms with van der Waals surface area (Å²) in [6.07, 6.45) is 1.46. The van der Waals surface area contributed by atoms with Gasteiger partial charge in [0.1, 0.15) is 11.6 Å². The quantitative estimate of drug-likeness (QED) is 0.918. The summed E-state index contributed by atoms with van der Waals surface area (Å²) in [7, 11) is 0. The van der Waals surface area contributed by atoms with Crippen LogP contribution in [0.3, 0.4) is 0 Å². The Bertz CT molecular complexity index is 548. The summed E-state index contributed by atoms with van der Waals surface area (Å²) in [5, 5.41) is 8.67. The molecule has 0 atom stereocenters. The molecule has 0 amide bonds. The molecule has 0 unspecified atom stereocenters. The fourth-order valence-corrected chi connectivity index (χ4v) is 1.76. The predicted octanol–water partition coefficient (Wildman–Crippen LogP) is 3.55. The Balaban J connectivity index is 2.50. The van der Waals surface area contributed by atoms with Gasteiger partial charge in [0.15, 0.2) is 0 Å². The van der Waals surface area contributed by atoms with Crippen molar-refractivity contribution < 1.29 is 18.7 Å². The molecule has 2 rings (SSSR count). The second kappa shape index (κ2) is 4.09. The Hall–Kier alpha value is -1.62. The summed E-state index contributed by atoms with van der Waals surface area (Å²) in [4.78, 5) is 10.6. The lowest BCUT2D eigenvalue weighted by molar-refractivity contribution is 0.0692. The lowest BCUT2D eigenvalue weighted by atomic mass is 10.1. The van der Waals surface area contributed by atoms with Crippen molar-refractivity contribution in [2.75, 3.05) is 0 Å². The van der Waals surface area contributed by atoms with E-state index in [4.69, 9.17) is 9.52 Å². The first-order valence-corrected chi connectivity index (χ1v) is 5.15. The van der Waals surface area contributed by atoms with Gasteiger partial charge in [0, 0.05) is 5.56 Å². The smallest absolute Gasteiger partial charge is 0.338 e. The highest BCUT2D eigenvalue weighted by Crippen LogP contribution is 2.30. The van der Waals surface area contributed by atoms with Gasteiger partial charge in [0.2, 0.25) is 0 Å². The molecule has 2 aromatic rings. The van der Waals surface area contributed by atoms with Gasteiger partial charge in [-0.2, -0.15) is 0 Å². The highest BCUT2D eigenvalue weighted by atomic mass is 79.9. The summed E-state index contributed by atoms with van der Waals surface area (Å²) in [5.41, 5.74) is 0.130. The Kier molecular flexibility index (Phi) is 2.78. The number of rotatable bonds is 2. The Morgan fingerprint density at radius 1 is 1.38 bits per heavy atom. The van der Waals surface area contributed by atoms with Crippen LogP contribution in [0.1, 0.15) is 10.4 Å². The molecule has 0 fully saturated rings. The molecule has 1 heterocycles. The van der Waals surface area contributed by atoms with Gasteiger partial charge in [-0.05, 0) is 34.1 Å². The normalized spacial score (nSPS) is 10.4. The fraction of sp³-hybridized carbons (Fsp3) is 0. The molecular weight excluding hydrogens is 279 g/mol. The first-order chi connectivity index (χ1) is 7.59. The lowest BCUT2D eigenvalue weighted by Crippen LogP contribution is -2.00. The highest BCUT2D eigenvalue weighted by molar-refractivity contribution is 9.10. The van der Waals surface area contributed by atoms with E-state index < -0.39 is 11.8 Å². The van der Waals surface area contributed by atoms with Crippen molar-refractivity contribution in [1.82, 2.24) is 0 Å². The maximum Gasteiger partial charge on any atom is 0.338 e. The fourth-order valence-electron chi connectivity index (χ4n) is 1.33. The maximum atomic E-state index is 13.4. The number of carboxylic acid groups (broad SMARTS) is 1. The molecule has 0 saturated heterocycles. The number of hydrogen-bond donors (Lipinski definition) is 1. The van der Waals surface area contributed by atoms with Gasteiger partial charge in [-0.15, -0.1) is 0 Å². The summed E-state index contributed by atoms with van der Waals surface area (Å²) in [6.45, 7) is 0. The molecule has 0 aliphatic heterocycles. The Labute approximate surface area is 98.6 Å². The van der Waals surface area contributed by atoms with E-state index in [1.54, 1.807) is 6.07 Å². The topological polar surface area (TPSA) is 50.4 Å². The van der Waals surface area contributed by atoms with Crippen LogP contribution in [-0.2, 0) is 0 Å². The number of hydrogen-bond acceptors (Lipinski definition) is 2. The molecule has 82 valence electrons. The molecule has 1 aromatic heterocycles. The van der Waals surface area contributed by atoms with Crippen LogP contribution in [-0.4, -0.2) is 11.1 Å². The van der Waals surface area contributed by atoms with Crippen LogP contribution in [0.2, 0.25) is 0 Å². The van der Waals surface area contributed by atoms with Gasteiger partial charge in [0.05, 0.1) is 16.3 Å². The summed E-state index contributed by atoms with van der Waals surface area (Å²) in [5.74, 6) is -1.60. The third-order valence-corrected chi connectivity index (χ3v) is 2.70. The zero-order valence-corrected chi connectivity index (χ0v) is 9.49. The van der Waals surface area contributed by atoms with Crippen LogP contribution in [0.4, 0.5) is 4.39 Å². The monoisotopic (exact) mass is 284 g/mol. The SMILES string of the molecule is O=C(O)c1ccc(-c2occc2Br)cc1F. The molecule has 1 N–H and O–H groups in total. The third-order valence-electron chi connectivity index (χ3n) is 2.08. The van der Waals surface area contributed by atoms with Crippen LogP contribution in [0, 0.1) is 5.82 Å². The number of benzene rings is 1. The summed E-state index contributed by atoms with van der Waals surface area (Å²) >= 11 is 3.24. The van der Waals surface area contributed by atoms with Crippen molar-refractivity contribution in [2.24, 2.45) is 0 Å². The molecule has 0 saturated carbocycles. The van der Waals surface area contributed by atoms with E-state index in [1.165, 1.54) is 18.4 Å². The molecule has 0 bridgehead atoms.